The first-order valence-corrected chi connectivity index (χ1v) is 10.5. The number of imidazole rings is 1. The Balaban J connectivity index is 1.67. The number of halogens is 1. The Morgan fingerprint density at radius 3 is 2.44 bits per heavy atom. The predicted molar refractivity (Wildman–Crippen MR) is 124 cm³/mol. The van der Waals surface area contributed by atoms with E-state index in [-0.39, 0.29) is 24.2 Å². The van der Waals surface area contributed by atoms with Gasteiger partial charge in [0.1, 0.15) is 18.2 Å². The molecule has 1 aromatic heterocycles. The molecule has 2 aromatic carbocycles. The summed E-state index contributed by atoms with van der Waals surface area (Å²) in [6.45, 7) is 8.94. The molecule has 1 heterocycles. The standard InChI is InChI=1S/C25H27FN4O2/c1-3-16-29(17-4-2)24(31)18-30-22-9-6-5-8-21(22)28-23(30)10-7-15-27-25(32)19-11-13-20(26)14-12-19/h3-6,8-9,11-14H,1-2,7,10,15-18H2,(H,27,32). The van der Waals surface area contributed by atoms with Crippen LogP contribution in [-0.4, -0.2) is 45.9 Å². The highest BCUT2D eigenvalue weighted by Gasteiger charge is 2.17. The van der Waals surface area contributed by atoms with Crippen LogP contribution in [0.5, 0.6) is 0 Å². The summed E-state index contributed by atoms with van der Waals surface area (Å²) < 4.78 is 14.9. The first-order chi connectivity index (χ1) is 15.5. The largest absolute Gasteiger partial charge is 0.352 e. The fourth-order valence-corrected chi connectivity index (χ4v) is 3.47. The molecule has 6 nitrogen and oxygen atoms in total. The van der Waals surface area contributed by atoms with Crippen molar-refractivity contribution in [2.24, 2.45) is 0 Å². The highest BCUT2D eigenvalue weighted by atomic mass is 19.1. The molecule has 0 atom stereocenters. The fourth-order valence-electron chi connectivity index (χ4n) is 3.47. The Morgan fingerprint density at radius 1 is 1.06 bits per heavy atom. The molecule has 32 heavy (non-hydrogen) atoms. The number of carbonyl (C=O) groups is 2. The van der Waals surface area contributed by atoms with E-state index in [0.29, 0.717) is 38.0 Å². The molecule has 0 aliphatic rings. The number of rotatable bonds is 11. The lowest BCUT2D eigenvalue weighted by Gasteiger charge is -2.20. The molecule has 0 aliphatic carbocycles. The van der Waals surface area contributed by atoms with E-state index in [1.165, 1.54) is 24.3 Å². The summed E-state index contributed by atoms with van der Waals surface area (Å²) in [5, 5.41) is 2.84. The number of benzene rings is 2. The van der Waals surface area contributed by atoms with Gasteiger partial charge in [-0.05, 0) is 42.8 Å². The van der Waals surface area contributed by atoms with Gasteiger partial charge in [0, 0.05) is 31.6 Å². The number of amides is 2. The number of hydrogen-bond acceptors (Lipinski definition) is 3. The van der Waals surface area contributed by atoms with Gasteiger partial charge >= 0.3 is 0 Å². The third kappa shape index (κ3) is 5.69. The predicted octanol–water partition coefficient (Wildman–Crippen LogP) is 3.74. The lowest BCUT2D eigenvalue weighted by atomic mass is 10.2. The van der Waals surface area contributed by atoms with Crippen LogP contribution in [-0.2, 0) is 17.8 Å². The number of nitrogens with zero attached hydrogens (tertiary/aromatic N) is 3. The second-order valence-corrected chi connectivity index (χ2v) is 7.35. The molecule has 0 saturated carbocycles. The summed E-state index contributed by atoms with van der Waals surface area (Å²) in [5.74, 6) is 0.111. The molecule has 0 aliphatic heterocycles. The second kappa shape index (κ2) is 11.0. The molecule has 3 aromatic rings. The zero-order valence-electron chi connectivity index (χ0n) is 18.0. The zero-order valence-corrected chi connectivity index (χ0v) is 18.0. The van der Waals surface area contributed by atoms with Gasteiger partial charge in [0.15, 0.2) is 0 Å². The van der Waals surface area contributed by atoms with E-state index in [2.05, 4.69) is 18.5 Å². The van der Waals surface area contributed by atoms with Crippen LogP contribution in [0.2, 0.25) is 0 Å². The van der Waals surface area contributed by atoms with E-state index in [1.807, 2.05) is 28.8 Å². The highest BCUT2D eigenvalue weighted by molar-refractivity contribution is 5.94. The van der Waals surface area contributed by atoms with Crippen LogP contribution in [0.3, 0.4) is 0 Å². The molecule has 2 amide bonds. The van der Waals surface area contributed by atoms with Gasteiger partial charge in [0.2, 0.25) is 5.91 Å². The zero-order chi connectivity index (χ0) is 22.9. The molecule has 0 radical (unpaired) electrons. The number of nitrogens with one attached hydrogen (secondary N) is 1. The van der Waals surface area contributed by atoms with Gasteiger partial charge in [-0.2, -0.15) is 0 Å². The molecule has 0 saturated heterocycles. The summed E-state index contributed by atoms with van der Waals surface area (Å²) in [5.41, 5.74) is 2.13. The van der Waals surface area contributed by atoms with Crippen molar-refractivity contribution in [2.45, 2.75) is 19.4 Å². The van der Waals surface area contributed by atoms with Crippen molar-refractivity contribution in [2.75, 3.05) is 19.6 Å². The van der Waals surface area contributed by atoms with Crippen molar-refractivity contribution in [1.29, 1.82) is 0 Å². The van der Waals surface area contributed by atoms with E-state index in [0.717, 1.165) is 16.9 Å². The minimum atomic E-state index is -0.380. The number of aromatic nitrogens is 2. The first kappa shape index (κ1) is 22.9. The SMILES string of the molecule is C=CCN(CC=C)C(=O)Cn1c(CCCNC(=O)c2ccc(F)cc2)nc2ccccc21. The average Bonchev–Trinajstić information content (AvgIpc) is 3.14. The summed E-state index contributed by atoms with van der Waals surface area (Å²) in [6, 6.07) is 13.1. The molecular formula is C25H27FN4O2. The molecule has 0 spiro atoms. The van der Waals surface area contributed by atoms with Crippen molar-refractivity contribution < 1.29 is 14.0 Å². The molecule has 166 valence electrons. The normalized spacial score (nSPS) is 10.7. The van der Waals surface area contributed by atoms with Gasteiger partial charge in [-0.15, -0.1) is 13.2 Å². The molecule has 3 rings (SSSR count). The van der Waals surface area contributed by atoms with Crippen LogP contribution in [0.15, 0.2) is 73.8 Å². The lowest BCUT2D eigenvalue weighted by Crippen LogP contribution is -2.34. The van der Waals surface area contributed by atoms with Gasteiger partial charge in [0.25, 0.3) is 5.91 Å². The van der Waals surface area contributed by atoms with Crippen molar-refractivity contribution in [3.8, 4) is 0 Å². The maximum Gasteiger partial charge on any atom is 0.251 e. The number of aryl methyl sites for hydroxylation is 1. The molecule has 1 N–H and O–H groups in total. The van der Waals surface area contributed by atoms with E-state index in [9.17, 15) is 14.0 Å². The fraction of sp³-hybridized carbons (Fsp3) is 0.240. The van der Waals surface area contributed by atoms with Gasteiger partial charge in [-0.1, -0.05) is 24.3 Å². The highest BCUT2D eigenvalue weighted by Crippen LogP contribution is 2.17. The van der Waals surface area contributed by atoms with Gasteiger partial charge in [0.05, 0.1) is 11.0 Å². The monoisotopic (exact) mass is 434 g/mol. The Kier molecular flexibility index (Phi) is 7.91. The van der Waals surface area contributed by atoms with E-state index in [4.69, 9.17) is 4.98 Å². The Morgan fingerprint density at radius 2 is 1.75 bits per heavy atom. The molecule has 0 fully saturated rings. The number of hydrogen-bond donors (Lipinski definition) is 1. The smallest absolute Gasteiger partial charge is 0.251 e. The quantitative estimate of drug-likeness (QED) is 0.369. The summed E-state index contributed by atoms with van der Waals surface area (Å²) >= 11 is 0. The first-order valence-electron chi connectivity index (χ1n) is 10.5. The van der Waals surface area contributed by atoms with E-state index >= 15 is 0 Å². The van der Waals surface area contributed by atoms with E-state index < -0.39 is 0 Å². The molecular weight excluding hydrogens is 407 g/mol. The van der Waals surface area contributed by atoms with E-state index in [1.54, 1.807) is 17.1 Å². The minimum absolute atomic E-state index is 0.0428. The average molecular weight is 435 g/mol. The van der Waals surface area contributed by atoms with Crippen LogP contribution in [0.25, 0.3) is 11.0 Å². The van der Waals surface area contributed by atoms with Gasteiger partial charge < -0.3 is 14.8 Å². The maximum absolute atomic E-state index is 13.0. The molecule has 0 bridgehead atoms. The number of para-hydroxylation sites is 2. The van der Waals surface area contributed by atoms with Crippen LogP contribution < -0.4 is 5.32 Å². The van der Waals surface area contributed by atoms with Crippen LogP contribution in [0.4, 0.5) is 4.39 Å². The summed E-state index contributed by atoms with van der Waals surface area (Å²) in [6.07, 6.45) is 4.62. The lowest BCUT2D eigenvalue weighted by molar-refractivity contribution is -0.130. The van der Waals surface area contributed by atoms with Crippen LogP contribution in [0.1, 0.15) is 22.6 Å². The maximum atomic E-state index is 13.0. The van der Waals surface area contributed by atoms with Crippen LogP contribution in [0, 0.1) is 5.82 Å². The molecule has 7 heteroatoms. The van der Waals surface area contributed by atoms with Crippen molar-refractivity contribution in [3.05, 3.63) is 91.0 Å². The minimum Gasteiger partial charge on any atom is -0.352 e. The second-order valence-electron chi connectivity index (χ2n) is 7.35. The van der Waals surface area contributed by atoms with Crippen LogP contribution >= 0.6 is 0 Å². The summed E-state index contributed by atoms with van der Waals surface area (Å²) in [7, 11) is 0. The summed E-state index contributed by atoms with van der Waals surface area (Å²) in [4.78, 5) is 31.5. The van der Waals surface area contributed by atoms with Crippen molar-refractivity contribution in [1.82, 2.24) is 19.8 Å². The topological polar surface area (TPSA) is 67.2 Å². The number of fused-ring (bicyclic) bond motifs is 1. The van der Waals surface area contributed by atoms with Crippen molar-refractivity contribution >= 4 is 22.8 Å². The third-order valence-electron chi connectivity index (χ3n) is 5.05. The third-order valence-corrected chi connectivity index (χ3v) is 5.05. The van der Waals surface area contributed by atoms with Crippen molar-refractivity contribution in [3.63, 3.8) is 0 Å². The Bertz CT molecular complexity index is 1090. The van der Waals surface area contributed by atoms with Gasteiger partial charge in [-0.3, -0.25) is 9.59 Å². The Hall–Kier alpha value is -3.74. The molecule has 0 unspecified atom stereocenters. The van der Waals surface area contributed by atoms with Gasteiger partial charge in [-0.25, -0.2) is 9.37 Å². The number of carbonyl (C=O) groups excluding carboxylic acids is 2. The Labute approximate surface area is 187 Å².